The number of nitrogens with zero attached hydrogens (tertiary/aromatic N) is 5. The van der Waals surface area contributed by atoms with Crippen LogP contribution in [0.5, 0.6) is 0 Å². The Morgan fingerprint density at radius 3 is 1.60 bits per heavy atom. The van der Waals surface area contributed by atoms with Crippen molar-refractivity contribution < 1.29 is 4.42 Å². The van der Waals surface area contributed by atoms with Crippen LogP contribution in [0.25, 0.3) is 122 Å². The van der Waals surface area contributed by atoms with Crippen molar-refractivity contribution >= 4 is 65.6 Å². The molecule has 0 spiro atoms. The summed E-state index contributed by atoms with van der Waals surface area (Å²) in [6.07, 6.45) is 0. The van der Waals surface area contributed by atoms with Crippen LogP contribution in [-0.4, -0.2) is 24.1 Å². The number of hydrogen-bond donors (Lipinski definition) is 0. The van der Waals surface area contributed by atoms with Crippen LogP contribution >= 0.6 is 0 Å². The van der Waals surface area contributed by atoms with Crippen LogP contribution in [0.4, 0.5) is 0 Å². The number of aromatic nitrogens is 5. The SMILES string of the molecule is c1ccc(-c2nc(-c3ccc4c(c3)oc3cccc(-c5ccccc5)c34)nc(-c3ccccc3-n3c4ccccc4c4ccc5c6ccccc6n(-c6ccccc6)c5c43)n2)cc1. The van der Waals surface area contributed by atoms with Crippen molar-refractivity contribution in [3.05, 3.63) is 212 Å². The molecule has 0 unspecified atom stereocenters. The van der Waals surface area contributed by atoms with E-state index in [1.807, 2.05) is 30.3 Å². The highest BCUT2D eigenvalue weighted by molar-refractivity contribution is 6.24. The topological polar surface area (TPSA) is 61.7 Å². The van der Waals surface area contributed by atoms with Crippen LogP contribution in [0.2, 0.25) is 0 Å². The van der Waals surface area contributed by atoms with E-state index in [0.29, 0.717) is 17.5 Å². The van der Waals surface area contributed by atoms with Crippen molar-refractivity contribution in [1.29, 1.82) is 0 Å². The summed E-state index contributed by atoms with van der Waals surface area (Å²) in [5, 5.41) is 6.87. The minimum atomic E-state index is 0.563. The van der Waals surface area contributed by atoms with Gasteiger partial charge >= 0.3 is 0 Å². The van der Waals surface area contributed by atoms with Gasteiger partial charge in [-0.05, 0) is 65.7 Å². The van der Waals surface area contributed by atoms with Crippen molar-refractivity contribution in [2.24, 2.45) is 0 Å². The van der Waals surface area contributed by atoms with E-state index >= 15 is 0 Å². The van der Waals surface area contributed by atoms with Crippen LogP contribution < -0.4 is 0 Å². The van der Waals surface area contributed by atoms with Crippen molar-refractivity contribution in [3.8, 4) is 56.7 Å². The number of rotatable bonds is 6. The molecule has 0 bridgehead atoms. The molecule has 13 aromatic rings. The van der Waals surface area contributed by atoms with Crippen LogP contribution in [0.15, 0.2) is 217 Å². The van der Waals surface area contributed by atoms with E-state index in [1.165, 1.54) is 21.5 Å². The highest BCUT2D eigenvalue weighted by Gasteiger charge is 2.24. The second-order valence-electron chi connectivity index (χ2n) is 15.9. The Bertz CT molecular complexity index is 3900. The first-order valence-electron chi connectivity index (χ1n) is 21.2. The molecule has 0 amide bonds. The number of benzene rings is 9. The van der Waals surface area contributed by atoms with E-state index in [-0.39, 0.29) is 0 Å². The standard InChI is InChI=1S/C57H35N5O/c1-4-17-36(18-5-1)40-26-16-30-50-52(40)46-32-31-38(35-51(46)63-50)56-58-55(37-19-6-2-7-20-37)59-57(60-56)45-25-12-15-29-49(45)62-48-28-14-11-24-42(48)44-34-33-43-41-23-10-13-27-47(41)61(53(43)54(44)62)39-21-8-3-9-22-39/h1-35H. The molecule has 0 N–H and O–H groups in total. The zero-order chi connectivity index (χ0) is 41.4. The molecule has 6 nitrogen and oxygen atoms in total. The summed E-state index contributed by atoms with van der Waals surface area (Å²) in [7, 11) is 0. The summed E-state index contributed by atoms with van der Waals surface area (Å²) in [5.41, 5.74) is 13.1. The summed E-state index contributed by atoms with van der Waals surface area (Å²) < 4.78 is 11.4. The molecular weight excluding hydrogens is 771 g/mol. The zero-order valence-electron chi connectivity index (χ0n) is 33.9. The van der Waals surface area contributed by atoms with E-state index in [4.69, 9.17) is 19.4 Å². The fourth-order valence-electron chi connectivity index (χ4n) is 9.62. The Morgan fingerprint density at radius 2 is 0.873 bits per heavy atom. The van der Waals surface area contributed by atoms with Crippen LogP contribution in [0.3, 0.4) is 0 Å². The quantitative estimate of drug-likeness (QED) is 0.168. The smallest absolute Gasteiger partial charge is 0.166 e. The normalized spacial score (nSPS) is 11.8. The van der Waals surface area contributed by atoms with E-state index < -0.39 is 0 Å². The first-order chi connectivity index (χ1) is 31.3. The molecule has 9 aromatic carbocycles. The third-order valence-corrected chi connectivity index (χ3v) is 12.4. The van der Waals surface area contributed by atoms with Gasteiger partial charge in [0.2, 0.25) is 0 Å². The third kappa shape index (κ3) is 5.48. The number of hydrogen-bond acceptors (Lipinski definition) is 4. The second-order valence-corrected chi connectivity index (χ2v) is 15.9. The molecule has 0 radical (unpaired) electrons. The number of para-hydroxylation sites is 4. The largest absolute Gasteiger partial charge is 0.456 e. The maximum atomic E-state index is 6.58. The minimum absolute atomic E-state index is 0.563. The molecule has 63 heavy (non-hydrogen) atoms. The molecule has 0 saturated carbocycles. The Morgan fingerprint density at radius 1 is 0.333 bits per heavy atom. The molecule has 0 aliphatic carbocycles. The van der Waals surface area contributed by atoms with E-state index in [0.717, 1.165) is 83.2 Å². The summed E-state index contributed by atoms with van der Waals surface area (Å²) in [4.78, 5) is 15.8. The monoisotopic (exact) mass is 805 g/mol. The summed E-state index contributed by atoms with van der Waals surface area (Å²) in [6, 6.07) is 74.3. The number of furan rings is 1. The predicted octanol–water partition coefficient (Wildman–Crippen LogP) is 14.6. The average Bonchev–Trinajstić information content (AvgIpc) is 4.02. The van der Waals surface area contributed by atoms with Gasteiger partial charge in [0.1, 0.15) is 11.2 Å². The number of fused-ring (bicyclic) bond motifs is 10. The van der Waals surface area contributed by atoms with Gasteiger partial charge in [0, 0.05) is 54.7 Å². The maximum Gasteiger partial charge on any atom is 0.166 e. The van der Waals surface area contributed by atoms with E-state index in [2.05, 4.69) is 191 Å². The highest BCUT2D eigenvalue weighted by Crippen LogP contribution is 2.44. The lowest BCUT2D eigenvalue weighted by atomic mass is 9.99. The third-order valence-electron chi connectivity index (χ3n) is 12.4. The molecule has 6 heteroatoms. The van der Waals surface area contributed by atoms with Gasteiger partial charge in [-0.2, -0.15) is 0 Å². The maximum absolute atomic E-state index is 6.58. The van der Waals surface area contributed by atoms with Crippen molar-refractivity contribution in [3.63, 3.8) is 0 Å². The molecule has 0 atom stereocenters. The molecule has 13 rings (SSSR count). The molecule has 294 valence electrons. The van der Waals surface area contributed by atoms with Gasteiger partial charge in [0.15, 0.2) is 17.5 Å². The lowest BCUT2D eigenvalue weighted by Crippen LogP contribution is -2.04. The van der Waals surface area contributed by atoms with Gasteiger partial charge in [-0.15, -0.1) is 0 Å². The lowest BCUT2D eigenvalue weighted by molar-refractivity contribution is 0.669. The molecule has 0 saturated heterocycles. The van der Waals surface area contributed by atoms with E-state index in [9.17, 15) is 0 Å². The van der Waals surface area contributed by atoms with Crippen LogP contribution in [0, 0.1) is 0 Å². The fourth-order valence-corrected chi connectivity index (χ4v) is 9.62. The molecule has 0 aliphatic heterocycles. The van der Waals surface area contributed by atoms with Crippen molar-refractivity contribution in [2.75, 3.05) is 0 Å². The summed E-state index contributed by atoms with van der Waals surface area (Å²) in [6.45, 7) is 0. The van der Waals surface area contributed by atoms with Gasteiger partial charge in [-0.3, -0.25) is 0 Å². The minimum Gasteiger partial charge on any atom is -0.456 e. The first kappa shape index (κ1) is 35.2. The van der Waals surface area contributed by atoms with Gasteiger partial charge in [-0.25, -0.2) is 15.0 Å². The highest BCUT2D eigenvalue weighted by atomic mass is 16.3. The Kier molecular flexibility index (Phi) is 7.80. The Labute approximate surface area is 361 Å². The predicted molar refractivity (Wildman–Crippen MR) is 258 cm³/mol. The Hall–Kier alpha value is -8.61. The van der Waals surface area contributed by atoms with Gasteiger partial charge in [0.05, 0.1) is 27.8 Å². The molecular formula is C57H35N5O. The van der Waals surface area contributed by atoms with Gasteiger partial charge in [0.25, 0.3) is 0 Å². The van der Waals surface area contributed by atoms with Crippen molar-refractivity contribution in [2.45, 2.75) is 0 Å². The van der Waals surface area contributed by atoms with E-state index in [1.54, 1.807) is 0 Å². The molecule has 4 heterocycles. The molecule has 0 fully saturated rings. The Balaban J connectivity index is 1.07. The van der Waals surface area contributed by atoms with Crippen LogP contribution in [0.1, 0.15) is 0 Å². The average molecular weight is 806 g/mol. The fraction of sp³-hybridized carbons (Fsp3) is 0. The molecule has 0 aliphatic rings. The van der Waals surface area contributed by atoms with Crippen molar-refractivity contribution in [1.82, 2.24) is 24.1 Å². The zero-order valence-corrected chi connectivity index (χ0v) is 33.9. The van der Waals surface area contributed by atoms with Gasteiger partial charge in [-0.1, -0.05) is 158 Å². The lowest BCUT2D eigenvalue weighted by Gasteiger charge is -2.16. The first-order valence-corrected chi connectivity index (χ1v) is 21.2. The second kappa shape index (κ2) is 14.0. The summed E-state index contributed by atoms with van der Waals surface area (Å²) >= 11 is 0. The summed E-state index contributed by atoms with van der Waals surface area (Å²) in [5.74, 6) is 1.73. The van der Waals surface area contributed by atoms with Crippen LogP contribution in [-0.2, 0) is 0 Å². The van der Waals surface area contributed by atoms with Gasteiger partial charge < -0.3 is 13.6 Å². The molecule has 4 aromatic heterocycles.